The molecular weight excluding hydrogens is 355 g/mol. The van der Waals surface area contributed by atoms with E-state index in [1.54, 1.807) is 45.2 Å². The zero-order valence-electron chi connectivity index (χ0n) is 13.9. The van der Waals surface area contributed by atoms with E-state index in [-0.39, 0.29) is 25.5 Å². The summed E-state index contributed by atoms with van der Waals surface area (Å²) in [6.07, 6.45) is -0.558. The summed E-state index contributed by atoms with van der Waals surface area (Å²) in [6.45, 7) is 3.99. The summed E-state index contributed by atoms with van der Waals surface area (Å²) in [7, 11) is -1.77. The molecule has 1 aliphatic rings. The van der Waals surface area contributed by atoms with Gasteiger partial charge >= 0.3 is 7.60 Å². The maximum atomic E-state index is 12.9. The van der Waals surface area contributed by atoms with Gasteiger partial charge in [-0.05, 0) is 38.1 Å². The minimum atomic E-state index is -3.39. The summed E-state index contributed by atoms with van der Waals surface area (Å²) in [5.41, 5.74) is 0.608. The van der Waals surface area contributed by atoms with Crippen molar-refractivity contribution in [2.45, 2.75) is 32.2 Å². The number of anilines is 1. The van der Waals surface area contributed by atoms with Crippen LogP contribution in [0.1, 0.15) is 20.3 Å². The van der Waals surface area contributed by atoms with Crippen molar-refractivity contribution < 1.29 is 23.2 Å². The van der Waals surface area contributed by atoms with E-state index in [9.17, 15) is 9.36 Å². The van der Waals surface area contributed by atoms with Gasteiger partial charge in [0, 0.05) is 24.2 Å². The summed E-state index contributed by atoms with van der Waals surface area (Å²) in [6, 6.07) is 6.75. The lowest BCUT2D eigenvalue weighted by atomic mass is 10.2. The summed E-state index contributed by atoms with van der Waals surface area (Å²) >= 11 is 5.82. The van der Waals surface area contributed by atoms with Crippen molar-refractivity contribution in [3.63, 3.8) is 0 Å². The van der Waals surface area contributed by atoms with Gasteiger partial charge in [0.15, 0.2) is 6.10 Å². The number of hydrogen-bond acceptors (Lipinski definition) is 6. The van der Waals surface area contributed by atoms with E-state index in [0.717, 1.165) is 0 Å². The fourth-order valence-corrected chi connectivity index (χ4v) is 4.63. The van der Waals surface area contributed by atoms with Crippen molar-refractivity contribution in [2.75, 3.05) is 25.6 Å². The molecule has 2 atom stereocenters. The Morgan fingerprint density at radius 1 is 1.33 bits per heavy atom. The van der Waals surface area contributed by atoms with Crippen molar-refractivity contribution in [3.8, 4) is 0 Å². The lowest BCUT2D eigenvalue weighted by Gasteiger charge is -2.25. The fourth-order valence-electron chi connectivity index (χ4n) is 2.46. The second kappa shape index (κ2) is 8.43. The molecular formula is C15H22ClN2O5P. The van der Waals surface area contributed by atoms with Crippen molar-refractivity contribution in [3.05, 3.63) is 29.3 Å². The third-order valence-electron chi connectivity index (χ3n) is 3.53. The van der Waals surface area contributed by atoms with Crippen LogP contribution in [0.4, 0.5) is 5.69 Å². The molecule has 1 aromatic carbocycles. The molecule has 0 aromatic heterocycles. The summed E-state index contributed by atoms with van der Waals surface area (Å²) < 4.78 is 23.6. The Hall–Kier alpha value is -0.950. The Morgan fingerprint density at radius 3 is 2.46 bits per heavy atom. The standard InChI is InChI=1S/C15H22ClN2O5P/c1-4-21-24(20,22-5-2)14-10-13(23-18(14)3)15(19)17-12-8-6-11(16)7-9-12/h6-9,13-14H,4-5,10H2,1-3H3,(H,17,19)/t13-,14+/m1/s1. The van der Waals surface area contributed by atoms with Crippen molar-refractivity contribution in [1.29, 1.82) is 0 Å². The monoisotopic (exact) mass is 376 g/mol. The van der Waals surface area contributed by atoms with Crippen LogP contribution in [0.3, 0.4) is 0 Å². The Balaban J connectivity index is 2.04. The van der Waals surface area contributed by atoms with Gasteiger partial charge < -0.3 is 14.4 Å². The lowest BCUT2D eigenvalue weighted by Crippen LogP contribution is -2.28. The fraction of sp³-hybridized carbons (Fsp3) is 0.533. The van der Waals surface area contributed by atoms with Gasteiger partial charge in [0.25, 0.3) is 5.91 Å². The molecule has 1 saturated heterocycles. The van der Waals surface area contributed by atoms with E-state index in [0.29, 0.717) is 10.7 Å². The minimum absolute atomic E-state index is 0.215. The summed E-state index contributed by atoms with van der Waals surface area (Å²) in [5.74, 6) is -0.954. The van der Waals surface area contributed by atoms with Crippen LogP contribution in [-0.2, 0) is 23.2 Å². The predicted molar refractivity (Wildman–Crippen MR) is 92.0 cm³/mol. The number of carbonyl (C=O) groups is 1. The molecule has 9 heteroatoms. The minimum Gasteiger partial charge on any atom is -0.324 e. The Morgan fingerprint density at radius 2 is 1.92 bits per heavy atom. The van der Waals surface area contributed by atoms with Crippen LogP contribution >= 0.6 is 19.2 Å². The number of hydroxylamine groups is 2. The van der Waals surface area contributed by atoms with E-state index in [1.807, 2.05) is 0 Å². The van der Waals surface area contributed by atoms with Crippen LogP contribution in [0.5, 0.6) is 0 Å². The number of amides is 1. The molecule has 1 aliphatic heterocycles. The summed E-state index contributed by atoms with van der Waals surface area (Å²) in [5, 5.41) is 4.72. The Bertz CT molecular complexity index is 602. The first-order valence-corrected chi connectivity index (χ1v) is 9.73. The quantitative estimate of drug-likeness (QED) is 0.734. The first kappa shape index (κ1) is 19.4. The predicted octanol–water partition coefficient (Wildman–Crippen LogP) is 3.51. The normalized spacial score (nSPS) is 21.8. The highest BCUT2D eigenvalue weighted by Gasteiger charge is 2.48. The molecule has 1 N–H and O–H groups in total. The van der Waals surface area contributed by atoms with E-state index in [1.165, 1.54) is 5.06 Å². The molecule has 1 heterocycles. The van der Waals surface area contributed by atoms with Crippen molar-refractivity contribution >= 4 is 30.8 Å². The number of nitrogens with zero attached hydrogens (tertiary/aromatic N) is 1. The Kier molecular flexibility index (Phi) is 6.80. The molecule has 0 bridgehead atoms. The molecule has 24 heavy (non-hydrogen) atoms. The molecule has 134 valence electrons. The highest BCUT2D eigenvalue weighted by atomic mass is 35.5. The molecule has 0 radical (unpaired) electrons. The molecule has 0 saturated carbocycles. The molecule has 7 nitrogen and oxygen atoms in total. The first-order valence-electron chi connectivity index (χ1n) is 7.74. The number of hydrogen-bond donors (Lipinski definition) is 1. The molecule has 1 amide bonds. The summed E-state index contributed by atoms with van der Waals surface area (Å²) in [4.78, 5) is 17.9. The highest BCUT2D eigenvalue weighted by Crippen LogP contribution is 2.57. The smallest absolute Gasteiger partial charge is 0.324 e. The number of halogens is 1. The van der Waals surface area contributed by atoms with Gasteiger partial charge in [-0.15, -0.1) is 0 Å². The van der Waals surface area contributed by atoms with E-state index >= 15 is 0 Å². The van der Waals surface area contributed by atoms with Gasteiger partial charge in [0.1, 0.15) is 5.78 Å². The number of nitrogens with one attached hydrogen (secondary N) is 1. The SMILES string of the molecule is CCOP(=O)(OCC)[C@H]1C[C@H](C(=O)Nc2ccc(Cl)cc2)ON1C. The van der Waals surface area contributed by atoms with Crippen LogP contribution in [0.25, 0.3) is 0 Å². The number of rotatable bonds is 7. The van der Waals surface area contributed by atoms with Crippen LogP contribution < -0.4 is 5.32 Å². The largest absolute Gasteiger partial charge is 0.350 e. The topological polar surface area (TPSA) is 77.1 Å². The third-order valence-corrected chi connectivity index (χ3v) is 6.28. The molecule has 1 fully saturated rings. The third kappa shape index (κ3) is 4.57. The van der Waals surface area contributed by atoms with Gasteiger partial charge in [-0.3, -0.25) is 14.2 Å². The van der Waals surface area contributed by atoms with Crippen molar-refractivity contribution in [1.82, 2.24) is 5.06 Å². The maximum Gasteiger partial charge on any atom is 0.350 e. The van der Waals surface area contributed by atoms with Crippen LogP contribution in [0.2, 0.25) is 5.02 Å². The van der Waals surface area contributed by atoms with Gasteiger partial charge in [0.2, 0.25) is 0 Å². The van der Waals surface area contributed by atoms with Crippen molar-refractivity contribution in [2.24, 2.45) is 0 Å². The van der Waals surface area contributed by atoms with E-state index < -0.39 is 19.5 Å². The Labute approximate surface area is 146 Å². The van der Waals surface area contributed by atoms with Crippen LogP contribution in [-0.4, -0.2) is 43.1 Å². The average molecular weight is 377 g/mol. The van der Waals surface area contributed by atoms with E-state index in [4.69, 9.17) is 25.5 Å². The van der Waals surface area contributed by atoms with Gasteiger partial charge in [-0.25, -0.2) is 0 Å². The molecule has 0 aliphatic carbocycles. The average Bonchev–Trinajstić information content (AvgIpc) is 2.93. The van der Waals surface area contributed by atoms with Crippen LogP contribution in [0, 0.1) is 0 Å². The molecule has 0 unspecified atom stereocenters. The molecule has 0 spiro atoms. The zero-order chi connectivity index (χ0) is 17.7. The van der Waals surface area contributed by atoms with Crippen LogP contribution in [0.15, 0.2) is 24.3 Å². The second-order valence-corrected chi connectivity index (χ2v) is 7.86. The van der Waals surface area contributed by atoms with E-state index in [2.05, 4.69) is 5.32 Å². The van der Waals surface area contributed by atoms with Gasteiger partial charge in [-0.2, -0.15) is 5.06 Å². The second-order valence-electron chi connectivity index (χ2n) is 5.23. The highest BCUT2D eigenvalue weighted by molar-refractivity contribution is 7.54. The lowest BCUT2D eigenvalue weighted by molar-refractivity contribution is -0.155. The van der Waals surface area contributed by atoms with Gasteiger partial charge in [0.05, 0.1) is 13.2 Å². The number of carbonyl (C=O) groups excluding carboxylic acids is 1. The molecule has 1 aromatic rings. The van der Waals surface area contributed by atoms with Gasteiger partial charge in [-0.1, -0.05) is 11.6 Å². The number of benzene rings is 1. The maximum absolute atomic E-state index is 12.9. The molecule has 2 rings (SSSR count). The zero-order valence-corrected chi connectivity index (χ0v) is 15.5. The first-order chi connectivity index (χ1) is 11.4.